The van der Waals surface area contributed by atoms with Crippen molar-refractivity contribution in [1.29, 1.82) is 0 Å². The summed E-state index contributed by atoms with van der Waals surface area (Å²) in [5, 5.41) is 30.3. The van der Waals surface area contributed by atoms with Crippen LogP contribution in [-0.4, -0.2) is 139 Å². The Kier molecular flexibility index (Phi) is 14.6. The van der Waals surface area contributed by atoms with Crippen LogP contribution in [0.4, 0.5) is 4.79 Å². The van der Waals surface area contributed by atoms with Gasteiger partial charge in [0, 0.05) is 37.4 Å². The minimum absolute atomic E-state index is 0.202. The van der Waals surface area contributed by atoms with Gasteiger partial charge in [0.05, 0.1) is 30.1 Å². The Morgan fingerprint density at radius 1 is 1.08 bits per heavy atom. The van der Waals surface area contributed by atoms with Gasteiger partial charge in [0.25, 0.3) is 0 Å². The zero-order valence-electron chi connectivity index (χ0n) is 32.1. The quantitative estimate of drug-likeness (QED) is 0.0854. The van der Waals surface area contributed by atoms with E-state index < -0.39 is 83.4 Å². The maximum Gasteiger partial charge on any atom is 0.425 e. The van der Waals surface area contributed by atoms with E-state index in [1.807, 2.05) is 53.6 Å². The first kappa shape index (κ1) is 42.0. The molecule has 0 radical (unpaired) electrons. The number of fused-ring (bicyclic) bond motifs is 1. The lowest BCUT2D eigenvalue weighted by Gasteiger charge is -2.47. The third kappa shape index (κ3) is 8.62. The van der Waals surface area contributed by atoms with Gasteiger partial charge in [0.15, 0.2) is 17.7 Å². The van der Waals surface area contributed by atoms with Crippen LogP contribution in [-0.2, 0) is 33.3 Å². The molecular formula is C35H63N5O10. The number of oxime groups is 1. The summed E-state index contributed by atoms with van der Waals surface area (Å²) in [6.07, 6.45) is -3.31. The average molecular weight is 714 g/mol. The molecule has 0 bridgehead atoms. The summed E-state index contributed by atoms with van der Waals surface area (Å²) in [5.41, 5.74) is 0.651. The van der Waals surface area contributed by atoms with Crippen molar-refractivity contribution in [2.75, 3.05) is 41.3 Å². The van der Waals surface area contributed by atoms with E-state index in [0.717, 1.165) is 0 Å². The van der Waals surface area contributed by atoms with Crippen LogP contribution in [0.15, 0.2) is 5.16 Å². The van der Waals surface area contributed by atoms with E-state index in [2.05, 4.69) is 15.9 Å². The number of esters is 1. The van der Waals surface area contributed by atoms with Gasteiger partial charge in [-0.3, -0.25) is 9.59 Å². The second-order valence-electron chi connectivity index (χ2n) is 15.0. The second-order valence-corrected chi connectivity index (χ2v) is 15.0. The average Bonchev–Trinajstić information content (AvgIpc) is 3.32. The predicted molar refractivity (Wildman–Crippen MR) is 185 cm³/mol. The number of carbonyl (C=O) groups is 3. The van der Waals surface area contributed by atoms with Gasteiger partial charge in [-0.25, -0.2) is 15.2 Å². The first-order chi connectivity index (χ1) is 23.4. The molecule has 0 aliphatic carbocycles. The number of ketones is 1. The molecule has 0 aromatic carbocycles. The van der Waals surface area contributed by atoms with Crippen molar-refractivity contribution >= 4 is 23.6 Å². The lowest BCUT2D eigenvalue weighted by molar-refractivity contribution is -0.297. The molecule has 15 heteroatoms. The number of aliphatic hydroxyl groups excluding tert-OH is 1. The highest BCUT2D eigenvalue weighted by Gasteiger charge is 2.60. The Morgan fingerprint density at radius 3 is 2.30 bits per heavy atom. The molecule has 3 heterocycles. The molecule has 50 heavy (non-hydrogen) atoms. The zero-order chi connectivity index (χ0) is 37.7. The van der Waals surface area contributed by atoms with Crippen LogP contribution in [0.25, 0.3) is 0 Å². The van der Waals surface area contributed by atoms with E-state index in [1.54, 1.807) is 27.9 Å². The molecule has 0 saturated carbocycles. The van der Waals surface area contributed by atoms with Crippen molar-refractivity contribution in [3.63, 3.8) is 0 Å². The van der Waals surface area contributed by atoms with Crippen LogP contribution >= 0.6 is 0 Å². The zero-order valence-corrected chi connectivity index (χ0v) is 32.1. The Morgan fingerprint density at radius 2 is 1.74 bits per heavy atom. The molecule has 1 amide bonds. The number of cyclic esters (lactones) is 1. The lowest BCUT2D eigenvalue weighted by atomic mass is 9.73. The molecule has 0 aromatic heterocycles. The highest BCUT2D eigenvalue weighted by molar-refractivity contribution is 6.00. The monoisotopic (exact) mass is 713 g/mol. The molecular weight excluding hydrogens is 650 g/mol. The van der Waals surface area contributed by atoms with Crippen molar-refractivity contribution in [3.05, 3.63) is 0 Å². The van der Waals surface area contributed by atoms with Gasteiger partial charge >= 0.3 is 12.1 Å². The highest BCUT2D eigenvalue weighted by Crippen LogP contribution is 2.43. The number of likely N-dealkylation sites (N-methyl/N-ethyl adjacent to an activating group) is 2. The topological polar surface area (TPSA) is 181 Å². The third-order valence-corrected chi connectivity index (χ3v) is 11.0. The van der Waals surface area contributed by atoms with Crippen LogP contribution < -0.4 is 10.7 Å². The first-order valence-corrected chi connectivity index (χ1v) is 18.0. The van der Waals surface area contributed by atoms with E-state index in [0.29, 0.717) is 31.5 Å². The maximum atomic E-state index is 14.4. The number of hydrogen-bond donors (Lipinski definition) is 4. The van der Waals surface area contributed by atoms with Crippen LogP contribution in [0.2, 0.25) is 0 Å². The molecule has 0 aromatic rings. The minimum atomic E-state index is -1.37. The van der Waals surface area contributed by atoms with Gasteiger partial charge in [0.2, 0.25) is 0 Å². The summed E-state index contributed by atoms with van der Waals surface area (Å²) >= 11 is 0. The van der Waals surface area contributed by atoms with Gasteiger partial charge in [-0.15, -0.1) is 0 Å². The SMILES string of the molecule is CCC[C@H]1OC(=O)[C@H](C)C(=O)[C@H](C)[C@@H](O[C@@H]2O[C@H](C)C[C@H](N(C)C)[C@H]2O)[C@@](C)(OCCNC)C[C@@H](C)/C(=N\O)[C@H](C)[C@H]2N(NC)C(=O)O[C@]12C. The molecule has 0 unspecified atom stereocenters. The van der Waals surface area contributed by atoms with Gasteiger partial charge in [0.1, 0.15) is 24.2 Å². The molecule has 0 spiro atoms. The Labute approximate surface area is 297 Å². The second kappa shape index (κ2) is 17.4. The van der Waals surface area contributed by atoms with Crippen LogP contribution in [0.3, 0.4) is 0 Å². The number of nitrogens with one attached hydrogen (secondary N) is 2. The van der Waals surface area contributed by atoms with Crippen LogP contribution in [0, 0.1) is 23.7 Å². The number of aliphatic hydroxyl groups is 1. The van der Waals surface area contributed by atoms with Gasteiger partial charge < -0.3 is 44.2 Å². The summed E-state index contributed by atoms with van der Waals surface area (Å²) in [6, 6.07) is -1.05. The lowest BCUT2D eigenvalue weighted by Crippen LogP contribution is -2.61. The minimum Gasteiger partial charge on any atom is -0.457 e. The largest absolute Gasteiger partial charge is 0.457 e. The summed E-state index contributed by atoms with van der Waals surface area (Å²) in [4.78, 5) is 43.5. The van der Waals surface area contributed by atoms with E-state index in [4.69, 9.17) is 23.7 Å². The number of amides is 1. The molecule has 3 aliphatic rings. The Bertz CT molecular complexity index is 1210. The van der Waals surface area contributed by atoms with Gasteiger partial charge in [-0.2, -0.15) is 0 Å². The number of rotatable bonds is 10. The number of hydrogen-bond acceptors (Lipinski definition) is 14. The van der Waals surface area contributed by atoms with E-state index in [1.165, 1.54) is 11.9 Å². The number of hydrazine groups is 1. The standard InChI is InChI=1S/C35H63N5O10/c1-13-14-25-35(8)29(40(37-10)33(44)50-35)21(4)26(38-45)19(2)18-34(7,46-16-15-36-9)30(22(5)27(41)23(6)31(43)48-25)49-32-28(42)24(39(11)12)17-20(3)47-32/h19-25,28-30,32,36-37,42,45H,13-18H2,1-12H3/b38-26+/t19-,20-,21+,22+,23-,24+,25-,28-,29-,30-,32+,34+,35-/m1/s1. The van der Waals surface area contributed by atoms with Gasteiger partial charge in [-0.05, 0) is 68.1 Å². The van der Waals surface area contributed by atoms with Crippen molar-refractivity contribution in [3.8, 4) is 0 Å². The number of Topliss-reactive ketones (excluding diaryl/α,β-unsaturated/α-hetero) is 1. The van der Waals surface area contributed by atoms with E-state index in [-0.39, 0.29) is 25.2 Å². The molecule has 3 fully saturated rings. The van der Waals surface area contributed by atoms with Crippen molar-refractivity contribution < 1.29 is 48.4 Å². The fraction of sp³-hybridized carbons (Fsp3) is 0.886. The summed E-state index contributed by atoms with van der Waals surface area (Å²) in [7, 11) is 7.14. The summed E-state index contributed by atoms with van der Waals surface area (Å²) in [6.45, 7) is 15.0. The molecule has 13 atom stereocenters. The molecule has 288 valence electrons. The number of ether oxygens (including phenoxy) is 5. The fourth-order valence-corrected chi connectivity index (χ4v) is 8.25. The Balaban J connectivity index is 2.23. The highest BCUT2D eigenvalue weighted by atomic mass is 16.7. The van der Waals surface area contributed by atoms with E-state index >= 15 is 0 Å². The van der Waals surface area contributed by atoms with Gasteiger partial charge in [-0.1, -0.05) is 39.3 Å². The summed E-state index contributed by atoms with van der Waals surface area (Å²) in [5.74, 6) is -4.46. The third-order valence-electron chi connectivity index (χ3n) is 11.0. The smallest absolute Gasteiger partial charge is 0.425 e. The normalized spacial score (nSPS) is 41.6. The van der Waals surface area contributed by atoms with Crippen molar-refractivity contribution in [2.24, 2.45) is 28.8 Å². The summed E-state index contributed by atoms with van der Waals surface area (Å²) < 4.78 is 31.6. The van der Waals surface area contributed by atoms with E-state index in [9.17, 15) is 24.7 Å². The van der Waals surface area contributed by atoms with Crippen molar-refractivity contribution in [1.82, 2.24) is 20.7 Å². The van der Waals surface area contributed by atoms with Crippen LogP contribution in [0.5, 0.6) is 0 Å². The fourth-order valence-electron chi connectivity index (χ4n) is 8.25. The predicted octanol–water partition coefficient (Wildman–Crippen LogP) is 2.57. The molecule has 3 saturated heterocycles. The maximum absolute atomic E-state index is 14.4. The van der Waals surface area contributed by atoms with Crippen LogP contribution in [0.1, 0.15) is 81.1 Å². The number of carbonyl (C=O) groups excluding carboxylic acids is 3. The molecule has 3 aliphatic heterocycles. The van der Waals surface area contributed by atoms with Crippen molar-refractivity contribution in [2.45, 2.75) is 135 Å². The first-order valence-electron chi connectivity index (χ1n) is 18.0. The molecule has 4 N–H and O–H groups in total. The molecule has 3 rings (SSSR count). The number of nitrogens with zero attached hydrogens (tertiary/aromatic N) is 3. The Hall–Kier alpha value is -2.40. The molecule has 15 nitrogen and oxygen atoms in total.